The van der Waals surface area contributed by atoms with Gasteiger partial charge in [-0.05, 0) is 37.1 Å². The van der Waals surface area contributed by atoms with Crippen LogP contribution in [0.25, 0.3) is 0 Å². The van der Waals surface area contributed by atoms with Gasteiger partial charge in [0.1, 0.15) is 5.78 Å². The molecule has 1 N–H and O–H groups in total. The molecular weight excluding hydrogens is 218 g/mol. The Balaban J connectivity index is 2.25. The molecule has 0 aromatic heterocycles. The molecule has 4 heteroatoms. The molecule has 2 rings (SSSR count). The fraction of sp³-hybridized carbons (Fsp3) is 0.308. The summed E-state index contributed by atoms with van der Waals surface area (Å²) >= 11 is 0. The van der Waals surface area contributed by atoms with Crippen LogP contribution in [0.1, 0.15) is 35.7 Å². The highest BCUT2D eigenvalue weighted by molar-refractivity contribution is 6.08. The summed E-state index contributed by atoms with van der Waals surface area (Å²) in [7, 11) is 0. The Morgan fingerprint density at radius 1 is 1.29 bits per heavy atom. The van der Waals surface area contributed by atoms with Gasteiger partial charge in [-0.2, -0.15) is 0 Å². The molecule has 17 heavy (non-hydrogen) atoms. The van der Waals surface area contributed by atoms with Crippen LogP contribution in [0, 0.1) is 0 Å². The Morgan fingerprint density at radius 2 is 2.06 bits per heavy atom. The predicted octanol–water partition coefficient (Wildman–Crippen LogP) is 1.73. The van der Waals surface area contributed by atoms with Crippen LogP contribution < -0.4 is 5.32 Å². The predicted molar refractivity (Wildman–Crippen MR) is 63.0 cm³/mol. The zero-order valence-corrected chi connectivity index (χ0v) is 9.58. The minimum Gasteiger partial charge on any atom is -0.326 e. The zero-order chi connectivity index (χ0) is 12.4. The lowest BCUT2D eigenvalue weighted by Gasteiger charge is -2.17. The molecule has 0 atom stereocenters. The Bertz CT molecular complexity index is 505. The third-order valence-corrected chi connectivity index (χ3v) is 2.73. The van der Waals surface area contributed by atoms with Gasteiger partial charge in [0, 0.05) is 17.7 Å². The van der Waals surface area contributed by atoms with Gasteiger partial charge >= 0.3 is 0 Å². The SMILES string of the molecule is CC(=O)CC(=O)c1ccc2c(c1)CCC(=O)N2. The van der Waals surface area contributed by atoms with E-state index in [4.69, 9.17) is 0 Å². The van der Waals surface area contributed by atoms with Crippen LogP contribution in [0.4, 0.5) is 5.69 Å². The third-order valence-electron chi connectivity index (χ3n) is 2.73. The number of carbonyl (C=O) groups is 3. The van der Waals surface area contributed by atoms with E-state index in [1.807, 2.05) is 0 Å². The lowest BCUT2D eigenvalue weighted by atomic mass is 9.97. The third kappa shape index (κ3) is 2.58. The molecule has 0 saturated carbocycles. The summed E-state index contributed by atoms with van der Waals surface area (Å²) in [6.45, 7) is 1.40. The highest BCUT2D eigenvalue weighted by atomic mass is 16.2. The second-order valence-corrected chi connectivity index (χ2v) is 4.22. The van der Waals surface area contributed by atoms with E-state index in [0.29, 0.717) is 18.4 Å². The van der Waals surface area contributed by atoms with E-state index in [1.165, 1.54) is 6.92 Å². The van der Waals surface area contributed by atoms with Gasteiger partial charge in [0.05, 0.1) is 6.42 Å². The molecule has 1 heterocycles. The maximum atomic E-state index is 11.7. The number of rotatable bonds is 3. The second kappa shape index (κ2) is 4.49. The topological polar surface area (TPSA) is 63.2 Å². The van der Waals surface area contributed by atoms with Crippen LogP contribution >= 0.6 is 0 Å². The summed E-state index contributed by atoms with van der Waals surface area (Å²) < 4.78 is 0. The molecule has 0 bridgehead atoms. The first-order valence-electron chi connectivity index (χ1n) is 5.51. The maximum Gasteiger partial charge on any atom is 0.224 e. The van der Waals surface area contributed by atoms with E-state index in [2.05, 4.69) is 5.32 Å². The first kappa shape index (κ1) is 11.5. The fourth-order valence-electron chi connectivity index (χ4n) is 1.89. The molecule has 1 amide bonds. The van der Waals surface area contributed by atoms with Gasteiger partial charge < -0.3 is 5.32 Å². The van der Waals surface area contributed by atoms with E-state index in [-0.39, 0.29) is 23.9 Å². The summed E-state index contributed by atoms with van der Waals surface area (Å²) in [5.74, 6) is -0.307. The number of Topliss-reactive ketones (excluding diaryl/α,β-unsaturated/α-hetero) is 2. The molecule has 0 radical (unpaired) electrons. The standard InChI is InChI=1S/C13H13NO3/c1-8(15)6-12(16)10-2-4-11-9(7-10)3-5-13(17)14-11/h2,4,7H,3,5-6H2,1H3,(H,14,17). The Morgan fingerprint density at radius 3 is 2.76 bits per heavy atom. The molecule has 88 valence electrons. The number of ketones is 2. The molecule has 4 nitrogen and oxygen atoms in total. The quantitative estimate of drug-likeness (QED) is 0.636. The average molecular weight is 231 g/mol. The summed E-state index contributed by atoms with van der Waals surface area (Å²) in [5.41, 5.74) is 2.26. The largest absolute Gasteiger partial charge is 0.326 e. The van der Waals surface area contributed by atoms with Gasteiger partial charge in [-0.15, -0.1) is 0 Å². The highest BCUT2D eigenvalue weighted by Gasteiger charge is 2.17. The maximum absolute atomic E-state index is 11.7. The smallest absolute Gasteiger partial charge is 0.224 e. The summed E-state index contributed by atoms with van der Waals surface area (Å²) in [5, 5.41) is 2.75. The molecule has 0 unspecified atom stereocenters. The van der Waals surface area contributed by atoms with E-state index in [0.717, 1.165) is 11.3 Å². The van der Waals surface area contributed by atoms with Crippen molar-refractivity contribution in [3.05, 3.63) is 29.3 Å². The van der Waals surface area contributed by atoms with Crippen molar-refractivity contribution in [2.24, 2.45) is 0 Å². The highest BCUT2D eigenvalue weighted by Crippen LogP contribution is 2.24. The van der Waals surface area contributed by atoms with Crippen molar-refractivity contribution < 1.29 is 14.4 Å². The van der Waals surface area contributed by atoms with E-state index < -0.39 is 0 Å². The van der Waals surface area contributed by atoms with Crippen LogP contribution in [0.5, 0.6) is 0 Å². The Kier molecular flexibility index (Phi) is 3.04. The monoisotopic (exact) mass is 231 g/mol. The fourth-order valence-corrected chi connectivity index (χ4v) is 1.89. The minimum atomic E-state index is -0.169. The Labute approximate surface area is 99.0 Å². The zero-order valence-electron chi connectivity index (χ0n) is 9.58. The summed E-state index contributed by atoms with van der Waals surface area (Å²) in [6.07, 6.45) is 1.02. The van der Waals surface area contributed by atoms with E-state index in [9.17, 15) is 14.4 Å². The van der Waals surface area contributed by atoms with Crippen LogP contribution in [-0.2, 0) is 16.0 Å². The van der Waals surface area contributed by atoms with Crippen molar-refractivity contribution in [3.63, 3.8) is 0 Å². The van der Waals surface area contributed by atoms with Crippen molar-refractivity contribution in [1.29, 1.82) is 0 Å². The number of aryl methyl sites for hydroxylation is 1. The van der Waals surface area contributed by atoms with Gasteiger partial charge in [0.15, 0.2) is 5.78 Å². The van der Waals surface area contributed by atoms with Crippen molar-refractivity contribution in [1.82, 2.24) is 0 Å². The molecule has 1 aromatic rings. The number of hydrogen-bond acceptors (Lipinski definition) is 3. The number of hydrogen-bond donors (Lipinski definition) is 1. The molecule has 0 spiro atoms. The first-order chi connectivity index (χ1) is 8.06. The van der Waals surface area contributed by atoms with Gasteiger partial charge in [-0.3, -0.25) is 14.4 Å². The van der Waals surface area contributed by atoms with Crippen molar-refractivity contribution in [2.45, 2.75) is 26.2 Å². The lowest BCUT2D eigenvalue weighted by Crippen LogP contribution is -2.19. The van der Waals surface area contributed by atoms with Crippen LogP contribution in [0.15, 0.2) is 18.2 Å². The number of amides is 1. The van der Waals surface area contributed by atoms with Gasteiger partial charge in [0.2, 0.25) is 5.91 Å². The minimum absolute atomic E-state index is 0.000289. The van der Waals surface area contributed by atoms with Gasteiger partial charge in [-0.1, -0.05) is 0 Å². The van der Waals surface area contributed by atoms with Crippen molar-refractivity contribution >= 4 is 23.2 Å². The van der Waals surface area contributed by atoms with Crippen LogP contribution in [0.2, 0.25) is 0 Å². The number of nitrogens with one attached hydrogen (secondary N) is 1. The van der Waals surface area contributed by atoms with Crippen molar-refractivity contribution in [3.8, 4) is 0 Å². The summed E-state index contributed by atoms with van der Waals surface area (Å²) in [4.78, 5) is 33.7. The van der Waals surface area contributed by atoms with Crippen LogP contribution in [0.3, 0.4) is 0 Å². The lowest BCUT2D eigenvalue weighted by molar-refractivity contribution is -0.117. The van der Waals surface area contributed by atoms with E-state index in [1.54, 1.807) is 18.2 Å². The van der Waals surface area contributed by atoms with E-state index >= 15 is 0 Å². The van der Waals surface area contributed by atoms with Gasteiger partial charge in [0.25, 0.3) is 0 Å². The van der Waals surface area contributed by atoms with Crippen molar-refractivity contribution in [2.75, 3.05) is 5.32 Å². The molecule has 0 fully saturated rings. The van der Waals surface area contributed by atoms with Crippen LogP contribution in [-0.4, -0.2) is 17.5 Å². The molecule has 1 aromatic carbocycles. The molecule has 1 aliphatic heterocycles. The summed E-state index contributed by atoms with van der Waals surface area (Å²) in [6, 6.07) is 5.13. The molecule has 0 aliphatic carbocycles. The Hall–Kier alpha value is -1.97. The van der Waals surface area contributed by atoms with Gasteiger partial charge in [-0.25, -0.2) is 0 Å². The molecular formula is C13H13NO3. The second-order valence-electron chi connectivity index (χ2n) is 4.22. The number of carbonyl (C=O) groups excluding carboxylic acids is 3. The number of benzene rings is 1. The first-order valence-corrected chi connectivity index (χ1v) is 5.51. The normalized spacial score (nSPS) is 13.8. The number of fused-ring (bicyclic) bond motifs is 1. The number of anilines is 1. The molecule has 0 saturated heterocycles. The average Bonchev–Trinajstić information content (AvgIpc) is 2.27. The molecule has 1 aliphatic rings.